The van der Waals surface area contributed by atoms with Crippen LogP contribution in [0.1, 0.15) is 38.5 Å². The third-order valence-corrected chi connectivity index (χ3v) is 7.05. The topological polar surface area (TPSA) is 104 Å². The molecule has 0 bridgehead atoms. The van der Waals surface area contributed by atoms with Gasteiger partial charge in [0.05, 0.1) is 10.7 Å². The molecule has 0 aromatic heterocycles. The number of aliphatic carboxylic acids is 1. The van der Waals surface area contributed by atoms with Gasteiger partial charge in [-0.25, -0.2) is 13.2 Å². The first kappa shape index (κ1) is 17.1. The molecule has 1 saturated carbocycles. The quantitative estimate of drug-likeness (QED) is 0.794. The maximum absolute atomic E-state index is 12.2. The Hall–Kier alpha value is -1.31. The smallest absolute Gasteiger partial charge is 0.317 e. The highest BCUT2D eigenvalue weighted by molar-refractivity contribution is 7.92. The van der Waals surface area contributed by atoms with Crippen LogP contribution >= 0.6 is 0 Å². The zero-order valence-electron chi connectivity index (χ0n) is 12.9. The molecule has 1 aliphatic carbocycles. The maximum Gasteiger partial charge on any atom is 0.317 e. The van der Waals surface area contributed by atoms with Gasteiger partial charge >= 0.3 is 12.0 Å². The van der Waals surface area contributed by atoms with E-state index in [0.717, 1.165) is 12.8 Å². The second kappa shape index (κ2) is 6.44. The molecular weight excluding hydrogens is 308 g/mol. The van der Waals surface area contributed by atoms with Gasteiger partial charge in [-0.3, -0.25) is 4.79 Å². The minimum Gasteiger partial charge on any atom is -0.481 e. The number of urea groups is 1. The summed E-state index contributed by atoms with van der Waals surface area (Å²) in [5.74, 6) is -1.42. The molecule has 2 aliphatic rings. The van der Waals surface area contributed by atoms with Crippen LogP contribution in [0.5, 0.6) is 0 Å². The monoisotopic (exact) mass is 332 g/mol. The van der Waals surface area contributed by atoms with Crippen molar-refractivity contribution < 1.29 is 23.1 Å². The number of hydrogen-bond acceptors (Lipinski definition) is 4. The summed E-state index contributed by atoms with van der Waals surface area (Å²) in [4.78, 5) is 24.7. The summed E-state index contributed by atoms with van der Waals surface area (Å²) < 4.78 is 23.2. The third-order valence-electron chi connectivity index (χ3n) is 4.92. The molecule has 0 aromatic rings. The Morgan fingerprint density at radius 2 is 1.91 bits per heavy atom. The van der Waals surface area contributed by atoms with Crippen molar-refractivity contribution in [1.82, 2.24) is 10.2 Å². The van der Waals surface area contributed by atoms with Crippen molar-refractivity contribution in [2.45, 2.75) is 43.3 Å². The number of amides is 2. The van der Waals surface area contributed by atoms with Gasteiger partial charge in [0.15, 0.2) is 9.84 Å². The van der Waals surface area contributed by atoms with Crippen molar-refractivity contribution in [2.75, 3.05) is 25.9 Å². The van der Waals surface area contributed by atoms with Gasteiger partial charge in [-0.05, 0) is 25.7 Å². The molecule has 0 radical (unpaired) electrons. The number of piperidine rings is 1. The zero-order chi connectivity index (χ0) is 16.4. The van der Waals surface area contributed by atoms with E-state index in [9.17, 15) is 18.0 Å². The molecule has 8 heteroatoms. The number of carbonyl (C=O) groups is 2. The molecular formula is C14H24N2O5S. The molecule has 0 aromatic carbocycles. The predicted octanol–water partition coefficient (Wildman–Crippen LogP) is 0.850. The number of carboxylic acids is 1. The average molecular weight is 332 g/mol. The summed E-state index contributed by atoms with van der Waals surface area (Å²) >= 11 is 0. The van der Waals surface area contributed by atoms with E-state index in [0.29, 0.717) is 32.2 Å². The number of carbonyl (C=O) groups excluding carboxylic acids is 1. The molecule has 1 unspecified atom stereocenters. The summed E-state index contributed by atoms with van der Waals surface area (Å²) in [7, 11) is -3.24. The molecule has 7 nitrogen and oxygen atoms in total. The fourth-order valence-corrected chi connectivity index (χ4v) is 4.77. The second-order valence-corrected chi connectivity index (χ2v) is 8.85. The lowest BCUT2D eigenvalue weighted by atomic mass is 9.99. The Balaban J connectivity index is 1.96. The number of carboxylic acid groups (broad SMARTS) is 1. The number of sulfone groups is 1. The van der Waals surface area contributed by atoms with E-state index < -0.39 is 26.5 Å². The van der Waals surface area contributed by atoms with Gasteiger partial charge in [0.2, 0.25) is 0 Å². The van der Waals surface area contributed by atoms with Crippen LogP contribution in [0.3, 0.4) is 0 Å². The van der Waals surface area contributed by atoms with Crippen LogP contribution in [0.25, 0.3) is 0 Å². The molecule has 1 aliphatic heterocycles. The molecule has 126 valence electrons. The van der Waals surface area contributed by atoms with Gasteiger partial charge in [0.25, 0.3) is 0 Å². The Morgan fingerprint density at radius 1 is 1.27 bits per heavy atom. The number of nitrogens with one attached hydrogen (secondary N) is 1. The molecule has 1 saturated heterocycles. The van der Waals surface area contributed by atoms with Crippen molar-refractivity contribution in [3.8, 4) is 0 Å². The molecule has 22 heavy (non-hydrogen) atoms. The first-order valence-electron chi connectivity index (χ1n) is 7.70. The van der Waals surface area contributed by atoms with Crippen molar-refractivity contribution in [1.29, 1.82) is 0 Å². The summed E-state index contributed by atoms with van der Waals surface area (Å²) in [6, 6.07) is -0.360. The molecule has 2 rings (SSSR count). The van der Waals surface area contributed by atoms with E-state index in [1.807, 2.05) is 0 Å². The normalized spacial score (nSPS) is 25.0. The van der Waals surface area contributed by atoms with Crippen LogP contribution < -0.4 is 5.32 Å². The molecule has 0 spiro atoms. The number of nitrogens with zero attached hydrogens (tertiary/aromatic N) is 1. The number of hydrogen-bond donors (Lipinski definition) is 2. The third kappa shape index (κ3) is 3.53. The van der Waals surface area contributed by atoms with E-state index in [-0.39, 0.29) is 19.1 Å². The zero-order valence-corrected chi connectivity index (χ0v) is 13.7. The van der Waals surface area contributed by atoms with Crippen molar-refractivity contribution in [2.24, 2.45) is 5.92 Å². The fourth-order valence-electron chi connectivity index (χ4n) is 3.41. The summed E-state index contributed by atoms with van der Waals surface area (Å²) in [5.41, 5.74) is 0. The molecule has 1 atom stereocenters. The molecule has 2 N–H and O–H groups in total. The minimum absolute atomic E-state index is 0.110. The highest BCUT2D eigenvalue weighted by Gasteiger charge is 2.43. The van der Waals surface area contributed by atoms with Gasteiger partial charge in [-0.2, -0.15) is 0 Å². The Bertz CT molecular complexity index is 539. The van der Waals surface area contributed by atoms with E-state index >= 15 is 0 Å². The van der Waals surface area contributed by atoms with Crippen molar-refractivity contribution in [3.05, 3.63) is 0 Å². The van der Waals surface area contributed by atoms with Crippen LogP contribution in [0, 0.1) is 5.92 Å². The highest BCUT2D eigenvalue weighted by atomic mass is 32.2. The summed E-state index contributed by atoms with van der Waals surface area (Å²) in [6.07, 6.45) is 5.31. The first-order chi connectivity index (χ1) is 10.3. The lowest BCUT2D eigenvalue weighted by molar-refractivity contribution is -0.143. The van der Waals surface area contributed by atoms with Crippen molar-refractivity contribution in [3.63, 3.8) is 0 Å². The Morgan fingerprint density at radius 3 is 2.45 bits per heavy atom. The van der Waals surface area contributed by atoms with Gasteiger partial charge in [0, 0.05) is 25.9 Å². The standard InChI is InChI=1S/C14H24N2O5S/c1-22(20,21)14(6-2-3-7-14)10-15-13(19)16-8-4-5-11(9-16)12(17)18/h11H,2-10H2,1H3,(H,15,19)(H,17,18). The van der Waals surface area contributed by atoms with E-state index in [4.69, 9.17) is 5.11 Å². The van der Waals surface area contributed by atoms with Crippen LogP contribution in [0.15, 0.2) is 0 Å². The Kier molecular flexibility index (Phi) is 4.99. The van der Waals surface area contributed by atoms with E-state index in [1.54, 1.807) is 0 Å². The summed E-state index contributed by atoms with van der Waals surface area (Å²) in [5, 5.41) is 11.8. The first-order valence-corrected chi connectivity index (χ1v) is 9.59. The maximum atomic E-state index is 12.2. The van der Waals surface area contributed by atoms with Gasteiger partial charge in [-0.1, -0.05) is 12.8 Å². The number of likely N-dealkylation sites (tertiary alicyclic amines) is 1. The van der Waals surface area contributed by atoms with Gasteiger partial charge in [-0.15, -0.1) is 0 Å². The Labute approximate surface area is 131 Å². The minimum atomic E-state index is -3.24. The van der Waals surface area contributed by atoms with Gasteiger partial charge in [0.1, 0.15) is 0 Å². The highest BCUT2D eigenvalue weighted by Crippen LogP contribution is 2.36. The molecule has 1 heterocycles. The lowest BCUT2D eigenvalue weighted by Crippen LogP contribution is -2.52. The van der Waals surface area contributed by atoms with Crippen LogP contribution in [0.4, 0.5) is 4.79 Å². The number of rotatable bonds is 4. The predicted molar refractivity (Wildman–Crippen MR) is 81.4 cm³/mol. The van der Waals surface area contributed by atoms with E-state index in [2.05, 4.69) is 5.32 Å². The largest absolute Gasteiger partial charge is 0.481 e. The van der Waals surface area contributed by atoms with Gasteiger partial charge < -0.3 is 15.3 Å². The lowest BCUT2D eigenvalue weighted by Gasteiger charge is -2.33. The average Bonchev–Trinajstić information content (AvgIpc) is 2.94. The fraction of sp³-hybridized carbons (Fsp3) is 0.857. The van der Waals surface area contributed by atoms with Crippen molar-refractivity contribution >= 4 is 21.8 Å². The van der Waals surface area contributed by atoms with Crippen LogP contribution in [-0.4, -0.2) is 61.1 Å². The molecule has 2 amide bonds. The van der Waals surface area contributed by atoms with E-state index in [1.165, 1.54) is 11.2 Å². The SMILES string of the molecule is CS(=O)(=O)C1(CNC(=O)N2CCCC(C(=O)O)C2)CCCC1. The second-order valence-electron chi connectivity index (χ2n) is 6.44. The molecule has 2 fully saturated rings. The van der Waals surface area contributed by atoms with Crippen LogP contribution in [-0.2, 0) is 14.6 Å². The van der Waals surface area contributed by atoms with Crippen LogP contribution in [0.2, 0.25) is 0 Å². The summed E-state index contributed by atoms with van der Waals surface area (Å²) in [6.45, 7) is 0.813.